The van der Waals surface area contributed by atoms with E-state index in [0.717, 1.165) is 0 Å². The lowest BCUT2D eigenvalue weighted by molar-refractivity contribution is -0.150. The minimum absolute atomic E-state index is 0. The van der Waals surface area contributed by atoms with Crippen LogP contribution in [0.4, 0.5) is 0 Å². The number of rotatable bonds is 2. The van der Waals surface area contributed by atoms with Gasteiger partial charge in [-0.3, -0.25) is 4.79 Å². The topological polar surface area (TPSA) is 106 Å². The minimum atomic E-state index is -1.64. The molecule has 5 heteroatoms. The van der Waals surface area contributed by atoms with Crippen LogP contribution >= 0.6 is 0 Å². The first-order chi connectivity index (χ1) is 5.63. The highest BCUT2D eigenvalue weighted by molar-refractivity contribution is 5.97. The van der Waals surface area contributed by atoms with E-state index in [-0.39, 0.29) is 11.3 Å². The van der Waals surface area contributed by atoms with Gasteiger partial charge in [-0.2, -0.15) is 0 Å². The maximum absolute atomic E-state index is 11.0. The van der Waals surface area contributed by atoms with Crippen molar-refractivity contribution in [3.63, 3.8) is 0 Å². The van der Waals surface area contributed by atoms with Crippen LogP contribution in [0.5, 0.6) is 0 Å². The smallest absolute Gasteiger partial charge is 0.333 e. The summed E-state index contributed by atoms with van der Waals surface area (Å²) in [6.07, 6.45) is 4.03. The number of aliphatic carboxylic acids is 1. The summed E-state index contributed by atoms with van der Waals surface area (Å²) in [5.41, 5.74) is 0. The van der Waals surface area contributed by atoms with Gasteiger partial charge < -0.3 is 15.7 Å². The molecule has 0 saturated heterocycles. The highest BCUT2D eigenvalue weighted by Crippen LogP contribution is 2.12. The summed E-state index contributed by atoms with van der Waals surface area (Å²) in [6, 6.07) is 0. The fourth-order valence-electron chi connectivity index (χ4n) is 0.955. The average Bonchev–Trinajstić information content (AvgIpc) is 2.04. The molecule has 0 aromatic carbocycles. The van der Waals surface area contributed by atoms with Gasteiger partial charge in [0.05, 0.1) is 5.92 Å². The molecule has 0 fully saturated rings. The van der Waals surface area contributed by atoms with Gasteiger partial charge in [0.25, 0.3) is 0 Å². The number of hydrogen-bond donors (Lipinski definition) is 2. The van der Waals surface area contributed by atoms with E-state index in [1.165, 1.54) is 24.3 Å². The number of allylic oxidation sites excluding steroid dienone is 3. The maximum Gasteiger partial charge on any atom is 0.333 e. The molecule has 0 aromatic heterocycles. The largest absolute Gasteiger partial charge is 0.479 e. The molecule has 1 rings (SSSR count). The lowest BCUT2D eigenvalue weighted by Crippen LogP contribution is -2.33. The van der Waals surface area contributed by atoms with Crippen LogP contribution in [-0.4, -0.2) is 33.5 Å². The fourth-order valence-corrected chi connectivity index (χ4v) is 0.955. The predicted octanol–water partition coefficient (Wildman–Crippen LogP) is -1.08. The Morgan fingerprint density at radius 3 is 2.54 bits per heavy atom. The Labute approximate surface area is 74.3 Å². The van der Waals surface area contributed by atoms with Gasteiger partial charge in [-0.1, -0.05) is 18.2 Å². The van der Waals surface area contributed by atoms with Crippen molar-refractivity contribution in [3.05, 3.63) is 24.3 Å². The van der Waals surface area contributed by atoms with Gasteiger partial charge in [0.15, 0.2) is 11.9 Å². The van der Waals surface area contributed by atoms with Crippen LogP contribution in [0.3, 0.4) is 0 Å². The van der Waals surface area contributed by atoms with Crippen molar-refractivity contribution >= 4 is 11.8 Å². The van der Waals surface area contributed by atoms with E-state index in [1.807, 2.05) is 0 Å². The van der Waals surface area contributed by atoms with E-state index in [0.29, 0.717) is 0 Å². The van der Waals surface area contributed by atoms with Gasteiger partial charge in [-0.25, -0.2) is 4.79 Å². The second kappa shape index (κ2) is 4.54. The maximum atomic E-state index is 11.0. The van der Waals surface area contributed by atoms with Crippen molar-refractivity contribution in [2.24, 2.45) is 5.92 Å². The summed E-state index contributed by atoms with van der Waals surface area (Å²) in [5, 5.41) is 17.4. The lowest BCUT2D eigenvalue weighted by atomic mass is 9.94. The summed E-state index contributed by atoms with van der Waals surface area (Å²) < 4.78 is 0. The standard InChI is InChI=1S/C8H8O4.H2O/c9-6-4-2-1-3-5(6)7(10)8(11)12;/h1-5,7,10H,(H,11,12);1H2. The third kappa shape index (κ3) is 2.50. The Kier molecular flexibility index (Phi) is 4.03. The third-order valence-electron chi connectivity index (χ3n) is 1.61. The Morgan fingerprint density at radius 1 is 1.46 bits per heavy atom. The Balaban J connectivity index is 0.00000144. The lowest BCUT2D eigenvalue weighted by Gasteiger charge is -2.14. The van der Waals surface area contributed by atoms with Gasteiger partial charge in [-0.05, 0) is 6.08 Å². The number of carboxylic acids is 1. The normalized spacial score (nSPS) is 22.2. The molecule has 0 heterocycles. The van der Waals surface area contributed by atoms with E-state index >= 15 is 0 Å². The average molecular weight is 186 g/mol. The molecule has 0 amide bonds. The van der Waals surface area contributed by atoms with E-state index in [9.17, 15) is 9.59 Å². The van der Waals surface area contributed by atoms with Crippen molar-refractivity contribution in [2.45, 2.75) is 6.10 Å². The minimum Gasteiger partial charge on any atom is -0.479 e. The van der Waals surface area contributed by atoms with E-state index < -0.39 is 18.0 Å². The van der Waals surface area contributed by atoms with Gasteiger partial charge >= 0.3 is 5.97 Å². The zero-order valence-electron chi connectivity index (χ0n) is 6.68. The van der Waals surface area contributed by atoms with Gasteiger partial charge in [0.1, 0.15) is 0 Å². The predicted molar refractivity (Wildman–Crippen MR) is 44.0 cm³/mol. The van der Waals surface area contributed by atoms with Crippen LogP contribution < -0.4 is 0 Å². The van der Waals surface area contributed by atoms with Gasteiger partial charge in [-0.15, -0.1) is 0 Å². The van der Waals surface area contributed by atoms with Gasteiger partial charge in [0.2, 0.25) is 0 Å². The zero-order chi connectivity index (χ0) is 9.14. The monoisotopic (exact) mass is 186 g/mol. The van der Waals surface area contributed by atoms with Crippen LogP contribution in [0.25, 0.3) is 0 Å². The van der Waals surface area contributed by atoms with E-state index in [2.05, 4.69) is 0 Å². The summed E-state index contributed by atoms with van der Waals surface area (Å²) >= 11 is 0. The number of carbonyl (C=O) groups is 2. The number of aliphatic hydroxyl groups is 1. The molecule has 13 heavy (non-hydrogen) atoms. The SMILES string of the molecule is O.O=C(O)C(O)C1C=CC=CC1=O. The molecule has 2 atom stereocenters. The number of aliphatic hydroxyl groups excluding tert-OH is 1. The van der Waals surface area contributed by atoms with Crippen LogP contribution in [0.2, 0.25) is 0 Å². The molecule has 0 bridgehead atoms. The van der Waals surface area contributed by atoms with Crippen LogP contribution in [0.1, 0.15) is 0 Å². The van der Waals surface area contributed by atoms with Crippen LogP contribution in [-0.2, 0) is 9.59 Å². The molecule has 72 valence electrons. The molecule has 1 aliphatic carbocycles. The second-order valence-corrected chi connectivity index (χ2v) is 2.46. The van der Waals surface area contributed by atoms with E-state index in [4.69, 9.17) is 10.2 Å². The third-order valence-corrected chi connectivity index (χ3v) is 1.61. The Morgan fingerprint density at radius 2 is 2.08 bits per heavy atom. The molecular weight excluding hydrogens is 176 g/mol. The molecule has 0 saturated carbocycles. The molecule has 0 aliphatic heterocycles. The zero-order valence-corrected chi connectivity index (χ0v) is 6.68. The Bertz CT molecular complexity index is 266. The van der Waals surface area contributed by atoms with Crippen molar-refractivity contribution in [2.75, 3.05) is 0 Å². The summed E-state index contributed by atoms with van der Waals surface area (Å²) in [5.74, 6) is -2.70. The molecule has 1 aliphatic rings. The molecule has 0 spiro atoms. The summed E-state index contributed by atoms with van der Waals surface area (Å²) in [7, 11) is 0. The van der Waals surface area contributed by atoms with Crippen molar-refractivity contribution in [1.29, 1.82) is 0 Å². The van der Waals surface area contributed by atoms with Crippen molar-refractivity contribution < 1.29 is 25.3 Å². The first-order valence-corrected chi connectivity index (χ1v) is 3.42. The van der Waals surface area contributed by atoms with E-state index in [1.54, 1.807) is 0 Å². The van der Waals surface area contributed by atoms with Gasteiger partial charge in [0, 0.05) is 0 Å². The fraction of sp³-hybridized carbons (Fsp3) is 0.250. The highest BCUT2D eigenvalue weighted by Gasteiger charge is 2.28. The van der Waals surface area contributed by atoms with Crippen molar-refractivity contribution in [3.8, 4) is 0 Å². The molecule has 5 nitrogen and oxygen atoms in total. The summed E-state index contributed by atoms with van der Waals surface area (Å²) in [4.78, 5) is 21.3. The number of carboxylic acid groups (broad SMARTS) is 1. The number of hydrogen-bond acceptors (Lipinski definition) is 3. The molecule has 4 N–H and O–H groups in total. The van der Waals surface area contributed by atoms with Crippen molar-refractivity contribution in [1.82, 2.24) is 0 Å². The highest BCUT2D eigenvalue weighted by atomic mass is 16.4. The van der Waals surface area contributed by atoms with Crippen LogP contribution in [0, 0.1) is 5.92 Å². The first kappa shape index (κ1) is 11.5. The van der Waals surface area contributed by atoms with Crippen LogP contribution in [0.15, 0.2) is 24.3 Å². The number of ketones is 1. The second-order valence-electron chi connectivity index (χ2n) is 2.46. The summed E-state index contributed by atoms with van der Waals surface area (Å²) in [6.45, 7) is 0. The molecule has 2 unspecified atom stereocenters. The quantitative estimate of drug-likeness (QED) is 0.571. The first-order valence-electron chi connectivity index (χ1n) is 3.42. The molecule has 0 radical (unpaired) electrons. The number of carbonyl (C=O) groups excluding carboxylic acids is 1. The molecule has 0 aromatic rings. The molecular formula is C8H10O5. The Hall–Kier alpha value is -1.46.